The minimum absolute atomic E-state index is 0.0169. The first-order valence-corrected chi connectivity index (χ1v) is 10.1. The number of pyridine rings is 1. The van der Waals surface area contributed by atoms with Crippen molar-refractivity contribution < 1.29 is 22.4 Å². The second kappa shape index (κ2) is 9.17. The van der Waals surface area contributed by atoms with Crippen LogP contribution in [0.25, 0.3) is 17.2 Å². The number of carbonyl (C=O) groups excluding carboxylic acids is 1. The van der Waals surface area contributed by atoms with Crippen LogP contribution in [0.1, 0.15) is 22.9 Å². The Labute approximate surface area is 193 Å². The van der Waals surface area contributed by atoms with Gasteiger partial charge in [-0.15, -0.1) is 10.2 Å². The summed E-state index contributed by atoms with van der Waals surface area (Å²) in [6.45, 7) is -1.05. The number of rotatable bonds is 7. The molecule has 34 heavy (non-hydrogen) atoms. The first kappa shape index (κ1) is 23.3. The van der Waals surface area contributed by atoms with Crippen molar-refractivity contribution in [1.82, 2.24) is 34.1 Å². The molecule has 3 heterocycles. The van der Waals surface area contributed by atoms with Crippen molar-refractivity contribution in [2.24, 2.45) is 0 Å². The topological polar surface area (TPSA) is 100 Å². The van der Waals surface area contributed by atoms with Gasteiger partial charge in [0, 0.05) is 23.3 Å². The highest BCUT2D eigenvalue weighted by atomic mass is 35.5. The van der Waals surface area contributed by atoms with Crippen LogP contribution in [0.15, 0.2) is 47.4 Å². The first-order chi connectivity index (χ1) is 16.2. The van der Waals surface area contributed by atoms with E-state index in [9.17, 15) is 27.2 Å². The summed E-state index contributed by atoms with van der Waals surface area (Å²) < 4.78 is 55.2. The third-order valence-corrected chi connectivity index (χ3v) is 4.91. The molecule has 0 amide bonds. The Morgan fingerprint density at radius 3 is 2.47 bits per heavy atom. The van der Waals surface area contributed by atoms with E-state index in [1.54, 1.807) is 0 Å². The number of alkyl halides is 3. The molecular formula is C20H14ClF4N7O2. The van der Waals surface area contributed by atoms with Crippen LogP contribution in [0.4, 0.5) is 17.6 Å². The van der Waals surface area contributed by atoms with Crippen LogP contribution in [-0.2, 0) is 13.1 Å². The zero-order valence-corrected chi connectivity index (χ0v) is 17.8. The predicted molar refractivity (Wildman–Crippen MR) is 111 cm³/mol. The molecule has 0 saturated carbocycles. The smallest absolute Gasteiger partial charge is 0.294 e. The number of benzene rings is 1. The molecule has 0 unspecified atom stereocenters. The molecule has 14 heteroatoms. The first-order valence-electron chi connectivity index (χ1n) is 9.68. The summed E-state index contributed by atoms with van der Waals surface area (Å²) in [6, 6.07) is 8.51. The van der Waals surface area contributed by atoms with Crippen LogP contribution >= 0.6 is 11.6 Å². The average Bonchev–Trinajstić information content (AvgIpc) is 3.33. The van der Waals surface area contributed by atoms with Crippen molar-refractivity contribution in [1.29, 1.82) is 0 Å². The van der Waals surface area contributed by atoms with E-state index in [2.05, 4.69) is 20.2 Å². The maximum absolute atomic E-state index is 14.1. The zero-order valence-electron chi connectivity index (χ0n) is 17.1. The highest BCUT2D eigenvalue weighted by Gasteiger charge is 2.28. The van der Waals surface area contributed by atoms with Gasteiger partial charge in [0.2, 0.25) is 0 Å². The number of hydrogen-bond acceptors (Lipinski definition) is 6. The molecule has 9 nitrogen and oxygen atoms in total. The summed E-state index contributed by atoms with van der Waals surface area (Å²) in [5, 5.41) is 8.57. The van der Waals surface area contributed by atoms with Crippen molar-refractivity contribution in [3.63, 3.8) is 0 Å². The average molecular weight is 496 g/mol. The summed E-state index contributed by atoms with van der Waals surface area (Å²) in [5.74, 6) is -1.45. The Morgan fingerprint density at radius 1 is 1.09 bits per heavy atom. The number of halogens is 5. The van der Waals surface area contributed by atoms with E-state index in [0.717, 1.165) is 20.0 Å². The summed E-state index contributed by atoms with van der Waals surface area (Å²) >= 11 is 5.87. The Bertz CT molecular complexity index is 1390. The molecular weight excluding hydrogens is 482 g/mol. The van der Waals surface area contributed by atoms with E-state index >= 15 is 0 Å². The standard InChI is InChI=1S/C20H14ClF4N7O2/c21-13-5-3-12(4-6-13)17-29-31(19(34)30(17)9-7-20(23,24)25)10-15-27-16(11-33)32(28-15)18-14(22)2-1-8-26-18/h1-6,8,11H,7,9-10H2. The van der Waals surface area contributed by atoms with Gasteiger partial charge in [-0.05, 0) is 36.4 Å². The van der Waals surface area contributed by atoms with Crippen molar-refractivity contribution in [2.75, 3.05) is 0 Å². The van der Waals surface area contributed by atoms with Crippen LogP contribution in [0.3, 0.4) is 0 Å². The maximum Gasteiger partial charge on any atom is 0.390 e. The normalized spacial score (nSPS) is 11.7. The minimum Gasteiger partial charge on any atom is -0.294 e. The monoisotopic (exact) mass is 495 g/mol. The van der Waals surface area contributed by atoms with Gasteiger partial charge in [-0.25, -0.2) is 23.8 Å². The molecule has 0 fully saturated rings. The van der Waals surface area contributed by atoms with Gasteiger partial charge in [0.15, 0.2) is 35.4 Å². The van der Waals surface area contributed by atoms with Crippen LogP contribution in [0.2, 0.25) is 5.02 Å². The zero-order chi connectivity index (χ0) is 24.5. The largest absolute Gasteiger partial charge is 0.390 e. The second-order valence-corrected chi connectivity index (χ2v) is 7.45. The highest BCUT2D eigenvalue weighted by molar-refractivity contribution is 6.30. The van der Waals surface area contributed by atoms with Crippen molar-refractivity contribution in [3.05, 3.63) is 75.6 Å². The number of hydrogen-bond donors (Lipinski definition) is 0. The van der Waals surface area contributed by atoms with E-state index in [-0.39, 0.29) is 29.8 Å². The molecule has 0 N–H and O–H groups in total. The van der Waals surface area contributed by atoms with Crippen LogP contribution in [-0.4, -0.2) is 46.6 Å². The summed E-state index contributed by atoms with van der Waals surface area (Å²) in [6.07, 6.45) is -4.13. The van der Waals surface area contributed by atoms with Crippen LogP contribution < -0.4 is 5.69 Å². The molecule has 0 aliphatic carbocycles. The Kier molecular flexibility index (Phi) is 6.28. The van der Waals surface area contributed by atoms with Gasteiger partial charge in [0.25, 0.3) is 0 Å². The molecule has 3 aromatic heterocycles. The van der Waals surface area contributed by atoms with Gasteiger partial charge < -0.3 is 0 Å². The van der Waals surface area contributed by atoms with E-state index in [4.69, 9.17) is 11.6 Å². The number of nitrogens with zero attached hydrogens (tertiary/aromatic N) is 7. The van der Waals surface area contributed by atoms with Crippen molar-refractivity contribution >= 4 is 17.9 Å². The number of aldehydes is 1. The second-order valence-electron chi connectivity index (χ2n) is 7.01. The molecule has 4 aromatic rings. The van der Waals surface area contributed by atoms with Gasteiger partial charge in [0.05, 0.1) is 6.42 Å². The maximum atomic E-state index is 14.1. The third kappa shape index (κ3) is 4.88. The van der Waals surface area contributed by atoms with Gasteiger partial charge in [-0.3, -0.25) is 9.36 Å². The van der Waals surface area contributed by atoms with Crippen molar-refractivity contribution in [2.45, 2.75) is 25.7 Å². The van der Waals surface area contributed by atoms with Gasteiger partial charge >= 0.3 is 11.9 Å². The fourth-order valence-corrected chi connectivity index (χ4v) is 3.26. The summed E-state index contributed by atoms with van der Waals surface area (Å²) in [7, 11) is 0. The fraction of sp³-hybridized carbons (Fsp3) is 0.200. The lowest BCUT2D eigenvalue weighted by atomic mass is 10.2. The predicted octanol–water partition coefficient (Wildman–Crippen LogP) is 3.29. The lowest BCUT2D eigenvalue weighted by Gasteiger charge is -2.08. The molecule has 0 bridgehead atoms. The Hall–Kier alpha value is -3.87. The molecule has 0 aliphatic heterocycles. The summed E-state index contributed by atoms with van der Waals surface area (Å²) in [5.41, 5.74) is -0.479. The SMILES string of the molecule is O=Cc1nc(Cn2nc(-c3ccc(Cl)cc3)n(CCC(F)(F)F)c2=O)nn1-c1ncccc1F. The van der Waals surface area contributed by atoms with Gasteiger partial charge in [-0.1, -0.05) is 11.6 Å². The molecule has 0 spiro atoms. The highest BCUT2D eigenvalue weighted by Crippen LogP contribution is 2.23. The van der Waals surface area contributed by atoms with E-state index in [0.29, 0.717) is 16.9 Å². The van der Waals surface area contributed by atoms with E-state index < -0.39 is 30.6 Å². The lowest BCUT2D eigenvalue weighted by Crippen LogP contribution is -2.27. The summed E-state index contributed by atoms with van der Waals surface area (Å²) in [4.78, 5) is 32.1. The lowest BCUT2D eigenvalue weighted by molar-refractivity contribution is -0.136. The number of carbonyl (C=O) groups is 1. The van der Waals surface area contributed by atoms with Crippen molar-refractivity contribution in [3.8, 4) is 17.2 Å². The molecule has 0 atom stereocenters. The van der Waals surface area contributed by atoms with Gasteiger partial charge in [0.1, 0.15) is 6.54 Å². The molecule has 0 radical (unpaired) electrons. The van der Waals surface area contributed by atoms with Crippen LogP contribution in [0, 0.1) is 5.82 Å². The molecule has 176 valence electrons. The number of aromatic nitrogens is 7. The van der Waals surface area contributed by atoms with E-state index in [1.807, 2.05) is 0 Å². The molecule has 1 aromatic carbocycles. The fourth-order valence-electron chi connectivity index (χ4n) is 3.13. The minimum atomic E-state index is -4.50. The molecule has 4 rings (SSSR count). The van der Waals surface area contributed by atoms with E-state index in [1.165, 1.54) is 36.5 Å². The Morgan fingerprint density at radius 2 is 1.82 bits per heavy atom. The van der Waals surface area contributed by atoms with Gasteiger partial charge in [-0.2, -0.15) is 17.9 Å². The quantitative estimate of drug-likeness (QED) is 0.288. The third-order valence-electron chi connectivity index (χ3n) is 4.66. The molecule has 0 saturated heterocycles. The van der Waals surface area contributed by atoms with Crippen LogP contribution in [0.5, 0.6) is 0 Å². The molecule has 0 aliphatic rings. The Balaban J connectivity index is 1.74.